The molecule has 148 valence electrons. The number of pyridine rings is 1. The molecule has 0 aliphatic heterocycles. The largest absolute Gasteiger partial charge is 0.212 e. The van der Waals surface area contributed by atoms with Gasteiger partial charge in [0.15, 0.2) is 6.20 Å². The van der Waals surface area contributed by atoms with Crippen LogP contribution >= 0.6 is 0 Å². The highest BCUT2D eigenvalue weighted by Gasteiger charge is 2.30. The summed E-state index contributed by atoms with van der Waals surface area (Å²) in [5.74, 6) is 0. The maximum Gasteiger partial charge on any atom is 0.212 e. The Hall–Kier alpha value is -1.63. The molecule has 0 aliphatic carbocycles. The molecule has 0 unspecified atom stereocenters. The van der Waals surface area contributed by atoms with E-state index in [1.54, 1.807) is 0 Å². The van der Waals surface area contributed by atoms with Crippen LogP contribution in [0.1, 0.15) is 91.0 Å². The number of hydrogen-bond acceptors (Lipinski definition) is 0. The number of aromatic nitrogens is 1. The number of hydrogen-bond donors (Lipinski definition) is 0. The summed E-state index contributed by atoms with van der Waals surface area (Å²) < 4.78 is 2.31. The van der Waals surface area contributed by atoms with Crippen LogP contribution in [0.2, 0.25) is 0 Å². The van der Waals surface area contributed by atoms with Crippen molar-refractivity contribution in [1.29, 1.82) is 0 Å². The van der Waals surface area contributed by atoms with Gasteiger partial charge in [0.1, 0.15) is 7.05 Å². The quantitative estimate of drug-likeness (QED) is 0.528. The second-order valence-electron chi connectivity index (χ2n) is 10.9. The van der Waals surface area contributed by atoms with Crippen molar-refractivity contribution in [3.8, 4) is 11.3 Å². The highest BCUT2D eigenvalue weighted by Crippen LogP contribution is 2.36. The molecule has 27 heavy (non-hydrogen) atoms. The molecule has 1 heteroatoms. The number of aryl methyl sites for hydroxylation is 2. The number of benzene rings is 1. The summed E-state index contributed by atoms with van der Waals surface area (Å²) in [6.45, 7) is 23.1. The highest BCUT2D eigenvalue weighted by atomic mass is 14.9. The zero-order chi connectivity index (χ0) is 20.8. The number of nitrogens with zero attached hydrogens (tertiary/aromatic N) is 1. The van der Waals surface area contributed by atoms with Crippen molar-refractivity contribution in [2.75, 3.05) is 0 Å². The van der Waals surface area contributed by atoms with Crippen LogP contribution in [0, 0.1) is 6.92 Å². The van der Waals surface area contributed by atoms with Crippen LogP contribution in [0.15, 0.2) is 30.5 Å². The van der Waals surface area contributed by atoms with Gasteiger partial charge in [-0.05, 0) is 52.3 Å². The van der Waals surface area contributed by atoms with E-state index in [9.17, 15) is 0 Å². The molecule has 2 aromatic rings. The fourth-order valence-electron chi connectivity index (χ4n) is 3.71. The first-order valence-electron chi connectivity index (χ1n) is 10.3. The van der Waals surface area contributed by atoms with E-state index in [0.29, 0.717) is 0 Å². The molecule has 0 amide bonds. The van der Waals surface area contributed by atoms with E-state index in [0.717, 1.165) is 6.42 Å². The molecule has 0 fully saturated rings. The minimum atomic E-state index is 0.115. The molecule has 1 nitrogen and oxygen atoms in total. The summed E-state index contributed by atoms with van der Waals surface area (Å²) in [6, 6.07) is 9.45. The second-order valence-corrected chi connectivity index (χ2v) is 10.9. The summed E-state index contributed by atoms with van der Waals surface area (Å²) in [6.07, 6.45) is 3.49. The minimum absolute atomic E-state index is 0.115. The van der Waals surface area contributed by atoms with E-state index in [1.165, 1.54) is 33.5 Å². The lowest BCUT2D eigenvalue weighted by Crippen LogP contribution is -2.36. The molecular weight excluding hydrogens is 326 g/mol. The van der Waals surface area contributed by atoms with Gasteiger partial charge < -0.3 is 0 Å². The molecule has 0 spiro atoms. The lowest BCUT2D eigenvalue weighted by molar-refractivity contribution is -0.661. The van der Waals surface area contributed by atoms with E-state index >= 15 is 0 Å². The molecule has 0 bridgehead atoms. The van der Waals surface area contributed by atoms with E-state index in [2.05, 4.69) is 111 Å². The molecule has 0 N–H and O–H groups in total. The fraction of sp³-hybridized carbons (Fsp3) is 0.577. The molecular formula is C26H40N+. The Labute approximate surface area is 167 Å². The van der Waals surface area contributed by atoms with Gasteiger partial charge in [0, 0.05) is 17.2 Å². The van der Waals surface area contributed by atoms with Gasteiger partial charge >= 0.3 is 0 Å². The summed E-state index contributed by atoms with van der Waals surface area (Å²) in [4.78, 5) is 0. The topological polar surface area (TPSA) is 3.88 Å². The average Bonchev–Trinajstić information content (AvgIpc) is 2.53. The Morgan fingerprint density at radius 2 is 1.37 bits per heavy atom. The zero-order valence-corrected chi connectivity index (χ0v) is 19.5. The van der Waals surface area contributed by atoms with Crippen LogP contribution in [0.4, 0.5) is 0 Å². The molecule has 1 aromatic carbocycles. The molecule has 1 aromatic heterocycles. The summed E-state index contributed by atoms with van der Waals surface area (Å²) >= 11 is 0. The van der Waals surface area contributed by atoms with Crippen molar-refractivity contribution >= 4 is 0 Å². The summed E-state index contributed by atoms with van der Waals surface area (Å²) in [5.41, 5.74) is 8.75. The lowest BCUT2D eigenvalue weighted by Gasteiger charge is -2.29. The first kappa shape index (κ1) is 21.7. The monoisotopic (exact) mass is 366 g/mol. The highest BCUT2D eigenvalue weighted by molar-refractivity contribution is 5.63. The van der Waals surface area contributed by atoms with E-state index < -0.39 is 0 Å². The first-order chi connectivity index (χ1) is 12.2. The molecule has 0 atom stereocenters. The van der Waals surface area contributed by atoms with Gasteiger partial charge in [-0.3, -0.25) is 0 Å². The standard InChI is InChI=1S/C26H40N/c1-12-26(9,10)19-13-14-20(18(2)15-19)23-16-21(24(3,4)5)22(17-27(23)11)25(6,7)8/h13-17H,12H2,1-11H3/q+1. The van der Waals surface area contributed by atoms with Gasteiger partial charge in [-0.2, -0.15) is 0 Å². The van der Waals surface area contributed by atoms with Gasteiger partial charge in [-0.1, -0.05) is 74.4 Å². The fourth-order valence-corrected chi connectivity index (χ4v) is 3.71. The third-order valence-corrected chi connectivity index (χ3v) is 6.06. The number of rotatable bonds is 3. The van der Waals surface area contributed by atoms with Gasteiger partial charge in [0.05, 0.1) is 0 Å². The van der Waals surface area contributed by atoms with E-state index in [4.69, 9.17) is 0 Å². The van der Waals surface area contributed by atoms with Crippen LogP contribution in [0.3, 0.4) is 0 Å². The third kappa shape index (κ3) is 4.45. The van der Waals surface area contributed by atoms with Crippen molar-refractivity contribution in [3.05, 3.63) is 52.7 Å². The van der Waals surface area contributed by atoms with Crippen molar-refractivity contribution < 1.29 is 4.57 Å². The molecule has 0 saturated heterocycles. The Kier molecular flexibility index (Phi) is 5.68. The SMILES string of the molecule is CCC(C)(C)c1ccc(-c2cc(C(C)(C)C)c(C(C)(C)C)c[n+]2C)c(C)c1. The maximum atomic E-state index is 2.42. The van der Waals surface area contributed by atoms with Crippen LogP contribution in [0.5, 0.6) is 0 Å². The minimum Gasteiger partial charge on any atom is -0.201 e. The van der Waals surface area contributed by atoms with Crippen LogP contribution in [-0.2, 0) is 23.3 Å². The summed E-state index contributed by atoms with van der Waals surface area (Å²) in [5, 5.41) is 0. The third-order valence-electron chi connectivity index (χ3n) is 6.06. The maximum absolute atomic E-state index is 2.42. The van der Waals surface area contributed by atoms with E-state index in [1.807, 2.05) is 0 Å². The van der Waals surface area contributed by atoms with Crippen molar-refractivity contribution in [1.82, 2.24) is 0 Å². The Balaban J connectivity index is 2.70. The van der Waals surface area contributed by atoms with Crippen LogP contribution in [0.25, 0.3) is 11.3 Å². The van der Waals surface area contributed by atoms with Gasteiger partial charge in [0.2, 0.25) is 5.69 Å². The van der Waals surface area contributed by atoms with Gasteiger partial charge in [-0.25, -0.2) is 4.57 Å². The Bertz CT molecular complexity index is 827. The molecule has 2 rings (SSSR count). The Morgan fingerprint density at radius 1 is 0.815 bits per heavy atom. The van der Waals surface area contributed by atoms with Crippen molar-refractivity contribution in [2.24, 2.45) is 7.05 Å². The molecule has 0 aliphatic rings. The predicted octanol–water partition coefficient (Wildman–Crippen LogP) is 6.77. The molecule has 0 saturated carbocycles. The summed E-state index contributed by atoms with van der Waals surface area (Å²) in [7, 11) is 2.18. The van der Waals surface area contributed by atoms with Gasteiger partial charge in [-0.15, -0.1) is 0 Å². The normalized spacial score (nSPS) is 13.1. The van der Waals surface area contributed by atoms with Crippen LogP contribution < -0.4 is 4.57 Å². The molecule has 0 radical (unpaired) electrons. The second kappa shape index (κ2) is 7.08. The van der Waals surface area contributed by atoms with Crippen molar-refractivity contribution in [2.45, 2.75) is 91.9 Å². The lowest BCUT2D eigenvalue weighted by atomic mass is 9.75. The van der Waals surface area contributed by atoms with E-state index in [-0.39, 0.29) is 16.2 Å². The zero-order valence-electron chi connectivity index (χ0n) is 19.5. The predicted molar refractivity (Wildman–Crippen MR) is 119 cm³/mol. The average molecular weight is 367 g/mol. The smallest absolute Gasteiger partial charge is 0.201 e. The Morgan fingerprint density at radius 3 is 1.81 bits per heavy atom. The van der Waals surface area contributed by atoms with Gasteiger partial charge in [0.25, 0.3) is 0 Å². The first-order valence-corrected chi connectivity index (χ1v) is 10.3. The molecule has 1 heterocycles. The van der Waals surface area contributed by atoms with Crippen molar-refractivity contribution in [3.63, 3.8) is 0 Å². The van der Waals surface area contributed by atoms with Crippen LogP contribution in [-0.4, -0.2) is 0 Å².